The van der Waals surface area contributed by atoms with E-state index in [1.807, 2.05) is 6.07 Å². The number of ether oxygens (including phenoxy) is 1. The Bertz CT molecular complexity index is 388. The summed E-state index contributed by atoms with van der Waals surface area (Å²) in [6.07, 6.45) is 5.08. The molecule has 2 N–H and O–H groups in total. The van der Waals surface area contributed by atoms with Crippen LogP contribution in [0.4, 0.5) is 5.69 Å². The van der Waals surface area contributed by atoms with Crippen molar-refractivity contribution in [3.05, 3.63) is 23.8 Å². The van der Waals surface area contributed by atoms with E-state index in [9.17, 15) is 0 Å². The summed E-state index contributed by atoms with van der Waals surface area (Å²) in [5, 5.41) is 0. The lowest BCUT2D eigenvalue weighted by Gasteiger charge is -2.27. The fourth-order valence-corrected chi connectivity index (χ4v) is 2.33. The minimum Gasteiger partial charge on any atom is -0.497 e. The summed E-state index contributed by atoms with van der Waals surface area (Å²) in [4.78, 5) is 2.52. The summed E-state index contributed by atoms with van der Waals surface area (Å²) in [6.45, 7) is 3.95. The van der Waals surface area contributed by atoms with Crippen molar-refractivity contribution >= 4 is 5.69 Å². The van der Waals surface area contributed by atoms with E-state index in [0.717, 1.165) is 12.3 Å². The number of hydrogen-bond donors (Lipinski definition) is 1. The minimum atomic E-state index is 0.592. The molecule has 1 aliphatic rings. The highest BCUT2D eigenvalue weighted by molar-refractivity contribution is 5.58. The molecule has 100 valence electrons. The Balaban J connectivity index is 2.25. The van der Waals surface area contributed by atoms with Crippen LogP contribution in [0.1, 0.15) is 38.2 Å². The molecule has 1 aliphatic carbocycles. The van der Waals surface area contributed by atoms with E-state index in [0.29, 0.717) is 12.6 Å². The molecule has 0 amide bonds. The molecule has 0 aliphatic heterocycles. The van der Waals surface area contributed by atoms with Gasteiger partial charge in [0.25, 0.3) is 0 Å². The molecule has 0 bridgehead atoms. The summed E-state index contributed by atoms with van der Waals surface area (Å²) >= 11 is 0. The van der Waals surface area contributed by atoms with Crippen molar-refractivity contribution in [2.24, 2.45) is 5.73 Å². The van der Waals surface area contributed by atoms with E-state index >= 15 is 0 Å². The Hall–Kier alpha value is -1.22. The van der Waals surface area contributed by atoms with Gasteiger partial charge in [0, 0.05) is 30.9 Å². The van der Waals surface area contributed by atoms with Crippen LogP contribution < -0.4 is 15.4 Å². The molecule has 0 aromatic heterocycles. The van der Waals surface area contributed by atoms with Gasteiger partial charge in [0.1, 0.15) is 5.75 Å². The van der Waals surface area contributed by atoms with Gasteiger partial charge in [0.05, 0.1) is 7.11 Å². The number of rotatable bonds is 7. The van der Waals surface area contributed by atoms with Gasteiger partial charge in [-0.05, 0) is 30.9 Å². The summed E-state index contributed by atoms with van der Waals surface area (Å²) in [5.74, 6) is 0.921. The Kier molecular flexibility index (Phi) is 4.48. The van der Waals surface area contributed by atoms with E-state index in [4.69, 9.17) is 10.5 Å². The van der Waals surface area contributed by atoms with Gasteiger partial charge < -0.3 is 15.4 Å². The molecule has 1 aromatic rings. The molecule has 1 aromatic carbocycles. The predicted molar refractivity (Wildman–Crippen MR) is 76.2 cm³/mol. The molecule has 3 heteroatoms. The topological polar surface area (TPSA) is 38.5 Å². The molecule has 0 saturated heterocycles. The quantitative estimate of drug-likeness (QED) is 0.806. The summed E-state index contributed by atoms with van der Waals surface area (Å²) in [5.41, 5.74) is 8.35. The molecular weight excluding hydrogens is 224 g/mol. The lowest BCUT2D eigenvalue weighted by Crippen LogP contribution is -2.28. The molecule has 0 spiro atoms. The van der Waals surface area contributed by atoms with Crippen LogP contribution in [-0.2, 0) is 6.54 Å². The lowest BCUT2D eigenvalue weighted by atomic mass is 10.1. The first-order valence-electron chi connectivity index (χ1n) is 6.93. The average Bonchev–Trinajstić information content (AvgIpc) is 3.23. The fraction of sp³-hybridized carbons (Fsp3) is 0.600. The zero-order chi connectivity index (χ0) is 13.0. The number of benzene rings is 1. The number of nitrogens with zero attached hydrogens (tertiary/aromatic N) is 1. The van der Waals surface area contributed by atoms with Gasteiger partial charge in [-0.1, -0.05) is 19.4 Å². The molecule has 2 rings (SSSR count). The highest BCUT2D eigenvalue weighted by Crippen LogP contribution is 2.35. The third-order valence-corrected chi connectivity index (χ3v) is 3.56. The maximum Gasteiger partial charge on any atom is 0.120 e. The van der Waals surface area contributed by atoms with Crippen LogP contribution in [-0.4, -0.2) is 19.7 Å². The minimum absolute atomic E-state index is 0.592. The van der Waals surface area contributed by atoms with Crippen molar-refractivity contribution in [2.75, 3.05) is 18.6 Å². The Labute approximate surface area is 110 Å². The van der Waals surface area contributed by atoms with Gasteiger partial charge in [0.2, 0.25) is 0 Å². The lowest BCUT2D eigenvalue weighted by molar-refractivity contribution is 0.414. The normalized spacial score (nSPS) is 14.6. The molecule has 1 saturated carbocycles. The summed E-state index contributed by atoms with van der Waals surface area (Å²) < 4.78 is 5.34. The second kappa shape index (κ2) is 6.10. The largest absolute Gasteiger partial charge is 0.497 e. The SMILES string of the molecule is CCCCN(c1cc(OC)ccc1CN)C1CC1. The second-order valence-corrected chi connectivity index (χ2v) is 4.98. The highest BCUT2D eigenvalue weighted by Gasteiger charge is 2.30. The smallest absolute Gasteiger partial charge is 0.120 e. The summed E-state index contributed by atoms with van der Waals surface area (Å²) in [6, 6.07) is 6.94. The van der Waals surface area contributed by atoms with Gasteiger partial charge in [-0.25, -0.2) is 0 Å². The van der Waals surface area contributed by atoms with Crippen LogP contribution >= 0.6 is 0 Å². The Morgan fingerprint density at radius 1 is 1.39 bits per heavy atom. The van der Waals surface area contributed by atoms with Crippen molar-refractivity contribution in [2.45, 2.75) is 45.2 Å². The first-order chi connectivity index (χ1) is 8.80. The van der Waals surface area contributed by atoms with Gasteiger partial charge in [-0.2, -0.15) is 0 Å². The van der Waals surface area contributed by atoms with Gasteiger partial charge in [-0.15, -0.1) is 0 Å². The highest BCUT2D eigenvalue weighted by atomic mass is 16.5. The van der Waals surface area contributed by atoms with E-state index < -0.39 is 0 Å². The summed E-state index contributed by atoms with van der Waals surface area (Å²) in [7, 11) is 1.72. The van der Waals surface area contributed by atoms with Crippen molar-refractivity contribution in [1.29, 1.82) is 0 Å². The van der Waals surface area contributed by atoms with Crippen LogP contribution in [0.15, 0.2) is 18.2 Å². The van der Waals surface area contributed by atoms with Crippen LogP contribution in [0.25, 0.3) is 0 Å². The van der Waals surface area contributed by atoms with Crippen molar-refractivity contribution in [3.8, 4) is 5.75 Å². The standard InChI is InChI=1S/C15H24N2O/c1-3-4-9-17(13-6-7-13)15-10-14(18-2)8-5-12(15)11-16/h5,8,10,13H,3-4,6-7,9,11,16H2,1-2H3. The van der Waals surface area contributed by atoms with Crippen LogP contribution in [0.2, 0.25) is 0 Å². The molecule has 0 radical (unpaired) electrons. The maximum absolute atomic E-state index is 5.86. The fourth-order valence-electron chi connectivity index (χ4n) is 2.33. The Morgan fingerprint density at radius 3 is 2.72 bits per heavy atom. The van der Waals surface area contributed by atoms with Crippen LogP contribution in [0.5, 0.6) is 5.75 Å². The number of unbranched alkanes of at least 4 members (excludes halogenated alkanes) is 1. The van der Waals surface area contributed by atoms with E-state index in [2.05, 4.69) is 24.0 Å². The van der Waals surface area contributed by atoms with Gasteiger partial charge >= 0.3 is 0 Å². The maximum atomic E-state index is 5.86. The monoisotopic (exact) mass is 248 g/mol. The Morgan fingerprint density at radius 2 is 2.17 bits per heavy atom. The third-order valence-electron chi connectivity index (χ3n) is 3.56. The zero-order valence-electron chi connectivity index (χ0n) is 11.5. The number of nitrogens with two attached hydrogens (primary N) is 1. The second-order valence-electron chi connectivity index (χ2n) is 4.98. The van der Waals surface area contributed by atoms with E-state index in [1.165, 1.54) is 36.9 Å². The van der Waals surface area contributed by atoms with Crippen LogP contribution in [0, 0.1) is 0 Å². The van der Waals surface area contributed by atoms with E-state index in [1.54, 1.807) is 7.11 Å². The number of anilines is 1. The molecule has 0 atom stereocenters. The zero-order valence-corrected chi connectivity index (χ0v) is 11.5. The third kappa shape index (κ3) is 2.96. The number of methoxy groups -OCH3 is 1. The molecule has 1 fully saturated rings. The van der Waals surface area contributed by atoms with Crippen LogP contribution in [0.3, 0.4) is 0 Å². The van der Waals surface area contributed by atoms with Gasteiger partial charge in [-0.3, -0.25) is 0 Å². The first kappa shape index (κ1) is 13.2. The molecule has 18 heavy (non-hydrogen) atoms. The molecule has 3 nitrogen and oxygen atoms in total. The first-order valence-corrected chi connectivity index (χ1v) is 6.93. The van der Waals surface area contributed by atoms with E-state index in [-0.39, 0.29) is 0 Å². The van der Waals surface area contributed by atoms with Gasteiger partial charge in [0.15, 0.2) is 0 Å². The van der Waals surface area contributed by atoms with Crippen molar-refractivity contribution in [1.82, 2.24) is 0 Å². The van der Waals surface area contributed by atoms with Crippen molar-refractivity contribution in [3.63, 3.8) is 0 Å². The molecule has 0 unspecified atom stereocenters. The predicted octanol–water partition coefficient (Wildman–Crippen LogP) is 2.92. The molecule has 0 heterocycles. The average molecular weight is 248 g/mol. The van der Waals surface area contributed by atoms with Crippen molar-refractivity contribution < 1.29 is 4.74 Å². The number of hydrogen-bond acceptors (Lipinski definition) is 3. The molecular formula is C15H24N2O.